The van der Waals surface area contributed by atoms with Crippen LogP contribution in [0.4, 0.5) is 10.1 Å². The highest BCUT2D eigenvalue weighted by molar-refractivity contribution is 5.85. The molecule has 0 unspecified atom stereocenters. The van der Waals surface area contributed by atoms with Crippen molar-refractivity contribution < 1.29 is 18.7 Å². The molecular formula is C18H26FN3O3. The van der Waals surface area contributed by atoms with Crippen LogP contribution in [-0.4, -0.2) is 69.9 Å². The number of carbonyl (C=O) groups excluding carboxylic acids is 1. The number of amides is 1. The van der Waals surface area contributed by atoms with Crippen LogP contribution in [0.5, 0.6) is 5.75 Å². The number of rotatable bonds is 4. The van der Waals surface area contributed by atoms with Crippen LogP contribution < -0.4 is 15.0 Å². The molecule has 2 aliphatic rings. The molecule has 0 aliphatic carbocycles. The summed E-state index contributed by atoms with van der Waals surface area (Å²) in [5.74, 6) is 0.288. The second kappa shape index (κ2) is 7.58. The monoisotopic (exact) mass is 351 g/mol. The average molecular weight is 351 g/mol. The number of methoxy groups -OCH3 is 2. The molecule has 1 aromatic rings. The molecule has 7 heteroatoms. The maximum absolute atomic E-state index is 13.4. The Labute approximate surface area is 147 Å². The lowest BCUT2D eigenvalue weighted by Crippen LogP contribution is -2.59. The fourth-order valence-electron chi connectivity index (χ4n) is 3.69. The summed E-state index contributed by atoms with van der Waals surface area (Å²) >= 11 is 0. The fourth-order valence-corrected chi connectivity index (χ4v) is 3.69. The van der Waals surface area contributed by atoms with E-state index in [4.69, 9.17) is 9.47 Å². The lowest BCUT2D eigenvalue weighted by molar-refractivity contribution is -0.158. The average Bonchev–Trinajstić information content (AvgIpc) is 2.68. The molecule has 2 saturated heterocycles. The highest BCUT2D eigenvalue weighted by atomic mass is 19.1. The smallest absolute Gasteiger partial charge is 0.255 e. The van der Waals surface area contributed by atoms with Gasteiger partial charge in [0.2, 0.25) is 0 Å². The number of halogens is 1. The van der Waals surface area contributed by atoms with E-state index in [1.165, 1.54) is 19.2 Å². The summed E-state index contributed by atoms with van der Waals surface area (Å²) in [6.07, 6.45) is 1.41. The van der Waals surface area contributed by atoms with Crippen LogP contribution in [0.1, 0.15) is 12.8 Å². The largest absolute Gasteiger partial charge is 0.494 e. The quantitative estimate of drug-likeness (QED) is 0.885. The summed E-state index contributed by atoms with van der Waals surface area (Å²) in [4.78, 5) is 17.0. The molecular weight excluding hydrogens is 325 g/mol. The van der Waals surface area contributed by atoms with Gasteiger partial charge in [0, 0.05) is 39.4 Å². The Hall–Kier alpha value is -1.86. The van der Waals surface area contributed by atoms with Crippen molar-refractivity contribution in [1.82, 2.24) is 10.2 Å². The third-order valence-electron chi connectivity index (χ3n) is 5.24. The first-order valence-electron chi connectivity index (χ1n) is 8.73. The van der Waals surface area contributed by atoms with Gasteiger partial charge in [-0.15, -0.1) is 0 Å². The Kier molecular flexibility index (Phi) is 5.44. The third-order valence-corrected chi connectivity index (χ3v) is 5.24. The Balaban J connectivity index is 1.66. The Bertz CT molecular complexity index is 612. The van der Waals surface area contributed by atoms with Gasteiger partial charge in [-0.1, -0.05) is 0 Å². The first-order valence-corrected chi connectivity index (χ1v) is 8.73. The number of hydrogen-bond donors (Lipinski definition) is 1. The highest BCUT2D eigenvalue weighted by Crippen LogP contribution is 2.31. The van der Waals surface area contributed by atoms with E-state index in [1.807, 2.05) is 4.90 Å². The molecule has 1 amide bonds. The van der Waals surface area contributed by atoms with Gasteiger partial charge in [0.05, 0.1) is 12.8 Å². The standard InChI is InChI=1S/C18H26FN3O3/c1-24-16-13-14(19)3-4-15(16)21-9-11-22(12-10-21)17(23)18(25-2)5-7-20-8-6-18/h3-4,13,20H,5-12H2,1-2H3. The molecule has 0 atom stereocenters. The van der Waals surface area contributed by atoms with Gasteiger partial charge in [-0.2, -0.15) is 0 Å². The van der Waals surface area contributed by atoms with E-state index >= 15 is 0 Å². The molecule has 3 rings (SSSR count). The van der Waals surface area contributed by atoms with Crippen molar-refractivity contribution in [1.29, 1.82) is 0 Å². The van der Waals surface area contributed by atoms with Crippen molar-refractivity contribution in [2.45, 2.75) is 18.4 Å². The summed E-state index contributed by atoms with van der Waals surface area (Å²) in [5, 5.41) is 3.27. The summed E-state index contributed by atoms with van der Waals surface area (Å²) in [6, 6.07) is 4.56. The Morgan fingerprint density at radius 2 is 1.84 bits per heavy atom. The van der Waals surface area contributed by atoms with Gasteiger partial charge in [-0.05, 0) is 38.1 Å². The van der Waals surface area contributed by atoms with Crippen molar-refractivity contribution in [3.63, 3.8) is 0 Å². The lowest BCUT2D eigenvalue weighted by Gasteiger charge is -2.42. The van der Waals surface area contributed by atoms with E-state index in [0.29, 0.717) is 44.8 Å². The minimum absolute atomic E-state index is 0.0854. The zero-order chi connectivity index (χ0) is 17.9. The third kappa shape index (κ3) is 3.57. The maximum Gasteiger partial charge on any atom is 0.255 e. The van der Waals surface area contributed by atoms with Crippen LogP contribution in [0, 0.1) is 5.82 Å². The number of anilines is 1. The van der Waals surface area contributed by atoms with Crippen LogP contribution >= 0.6 is 0 Å². The van der Waals surface area contributed by atoms with Gasteiger partial charge in [0.15, 0.2) is 0 Å². The minimum Gasteiger partial charge on any atom is -0.494 e. The van der Waals surface area contributed by atoms with Gasteiger partial charge in [-0.3, -0.25) is 4.79 Å². The number of hydrogen-bond acceptors (Lipinski definition) is 5. The predicted molar refractivity (Wildman–Crippen MR) is 93.6 cm³/mol. The Morgan fingerprint density at radius 3 is 2.44 bits per heavy atom. The molecule has 2 fully saturated rings. The van der Waals surface area contributed by atoms with Gasteiger partial charge in [-0.25, -0.2) is 4.39 Å². The van der Waals surface area contributed by atoms with Crippen molar-refractivity contribution in [2.24, 2.45) is 0 Å². The maximum atomic E-state index is 13.4. The van der Waals surface area contributed by atoms with Crippen molar-refractivity contribution >= 4 is 11.6 Å². The molecule has 25 heavy (non-hydrogen) atoms. The first kappa shape index (κ1) is 17.9. The number of ether oxygens (including phenoxy) is 2. The van der Waals surface area contributed by atoms with Crippen LogP contribution in [0.3, 0.4) is 0 Å². The van der Waals surface area contributed by atoms with Crippen molar-refractivity contribution in [2.75, 3.05) is 58.4 Å². The molecule has 1 N–H and O–H groups in total. The molecule has 138 valence electrons. The predicted octanol–water partition coefficient (Wildman–Crippen LogP) is 1.25. The Morgan fingerprint density at radius 1 is 1.16 bits per heavy atom. The SMILES string of the molecule is COc1cc(F)ccc1N1CCN(C(=O)C2(OC)CCNCC2)CC1. The van der Waals surface area contributed by atoms with Gasteiger partial charge in [0.25, 0.3) is 5.91 Å². The van der Waals surface area contributed by atoms with Gasteiger partial charge in [0.1, 0.15) is 17.2 Å². The normalized spacial score (nSPS) is 20.4. The summed E-state index contributed by atoms with van der Waals surface area (Å²) < 4.78 is 24.3. The topological polar surface area (TPSA) is 54.0 Å². The van der Waals surface area contributed by atoms with Gasteiger partial charge >= 0.3 is 0 Å². The van der Waals surface area contributed by atoms with E-state index in [9.17, 15) is 9.18 Å². The van der Waals surface area contributed by atoms with Crippen molar-refractivity contribution in [3.8, 4) is 5.75 Å². The minimum atomic E-state index is -0.693. The number of benzene rings is 1. The molecule has 1 aromatic carbocycles. The second-order valence-corrected chi connectivity index (χ2v) is 6.54. The molecule has 0 radical (unpaired) electrons. The van der Waals surface area contributed by atoms with E-state index < -0.39 is 5.60 Å². The van der Waals surface area contributed by atoms with Crippen LogP contribution in [0.25, 0.3) is 0 Å². The molecule has 2 heterocycles. The van der Waals surface area contributed by atoms with E-state index in [0.717, 1.165) is 18.8 Å². The highest BCUT2D eigenvalue weighted by Gasteiger charge is 2.43. The van der Waals surface area contributed by atoms with E-state index in [-0.39, 0.29) is 11.7 Å². The number of carbonyl (C=O) groups is 1. The molecule has 0 bridgehead atoms. The number of piperidine rings is 1. The zero-order valence-electron chi connectivity index (χ0n) is 14.9. The fraction of sp³-hybridized carbons (Fsp3) is 0.611. The summed E-state index contributed by atoms with van der Waals surface area (Å²) in [7, 11) is 3.17. The summed E-state index contributed by atoms with van der Waals surface area (Å²) in [5.41, 5.74) is 0.167. The summed E-state index contributed by atoms with van der Waals surface area (Å²) in [6.45, 7) is 4.21. The van der Waals surface area contributed by atoms with E-state index in [1.54, 1.807) is 13.2 Å². The molecule has 6 nitrogen and oxygen atoms in total. The molecule has 0 aromatic heterocycles. The first-order chi connectivity index (χ1) is 12.1. The molecule has 2 aliphatic heterocycles. The number of nitrogens with zero attached hydrogens (tertiary/aromatic N) is 2. The molecule has 0 spiro atoms. The lowest BCUT2D eigenvalue weighted by atomic mass is 9.90. The molecule has 0 saturated carbocycles. The van der Waals surface area contributed by atoms with Crippen molar-refractivity contribution in [3.05, 3.63) is 24.0 Å². The number of piperazine rings is 1. The van der Waals surface area contributed by atoms with Crippen LogP contribution in [0.15, 0.2) is 18.2 Å². The van der Waals surface area contributed by atoms with E-state index in [2.05, 4.69) is 10.2 Å². The van der Waals surface area contributed by atoms with Gasteiger partial charge < -0.3 is 24.6 Å². The van der Waals surface area contributed by atoms with Crippen LogP contribution in [0.2, 0.25) is 0 Å². The zero-order valence-corrected chi connectivity index (χ0v) is 14.9. The second-order valence-electron chi connectivity index (χ2n) is 6.54. The number of nitrogens with one attached hydrogen (secondary N) is 1. The van der Waals surface area contributed by atoms with Crippen LogP contribution in [-0.2, 0) is 9.53 Å².